The Bertz CT molecular complexity index is 326. The third-order valence-electron chi connectivity index (χ3n) is 1.94. The molecule has 0 bridgehead atoms. The Balaban J connectivity index is 2.72. The van der Waals surface area contributed by atoms with Gasteiger partial charge in [0.2, 0.25) is 5.39 Å². The van der Waals surface area contributed by atoms with Gasteiger partial charge in [-0.05, 0) is 19.1 Å². The Morgan fingerprint density at radius 1 is 1.43 bits per heavy atom. The molecule has 0 saturated carbocycles. The molecule has 4 heteroatoms. The molecule has 0 saturated heterocycles. The predicted molar refractivity (Wildman–Crippen MR) is 56.1 cm³/mol. The van der Waals surface area contributed by atoms with Gasteiger partial charge in [-0.25, -0.2) is 0 Å². The minimum absolute atomic E-state index is 0.359. The lowest BCUT2D eigenvalue weighted by molar-refractivity contribution is 0.201. The molecular formula is C10H14N3O+. The minimum atomic E-state index is -0.359. The van der Waals surface area contributed by atoms with Gasteiger partial charge in [-0.15, -0.1) is 0 Å². The van der Waals surface area contributed by atoms with Crippen LogP contribution in [0.4, 0.5) is 11.4 Å². The van der Waals surface area contributed by atoms with E-state index in [1.54, 1.807) is 19.1 Å². The average molecular weight is 192 g/mol. The lowest BCUT2D eigenvalue weighted by Crippen LogP contribution is -2.26. The van der Waals surface area contributed by atoms with E-state index in [-0.39, 0.29) is 6.10 Å². The number of aliphatic hydroxyl groups is 1. The number of hydrogen-bond donors (Lipinski definition) is 1. The van der Waals surface area contributed by atoms with Crippen molar-refractivity contribution in [2.45, 2.75) is 13.0 Å². The number of nitrogens with zero attached hydrogens (tertiary/aromatic N) is 3. The van der Waals surface area contributed by atoms with Crippen molar-refractivity contribution in [2.75, 3.05) is 18.5 Å². The molecule has 0 spiro atoms. The Morgan fingerprint density at radius 2 is 2.00 bits per heavy atom. The van der Waals surface area contributed by atoms with Crippen LogP contribution in [0.25, 0.3) is 4.98 Å². The maximum atomic E-state index is 9.18. The van der Waals surface area contributed by atoms with E-state index < -0.39 is 0 Å². The average Bonchev–Trinajstić information content (AvgIpc) is 2.17. The second-order valence-corrected chi connectivity index (χ2v) is 3.35. The molecule has 1 aromatic carbocycles. The summed E-state index contributed by atoms with van der Waals surface area (Å²) in [6.45, 7) is 2.32. The quantitative estimate of drug-likeness (QED) is 0.745. The first-order chi connectivity index (χ1) is 6.63. The van der Waals surface area contributed by atoms with Gasteiger partial charge in [0.05, 0.1) is 6.10 Å². The van der Waals surface area contributed by atoms with Gasteiger partial charge < -0.3 is 10.0 Å². The number of diazo groups is 1. The molecule has 0 amide bonds. The second kappa shape index (κ2) is 4.58. The van der Waals surface area contributed by atoms with Crippen LogP contribution < -0.4 is 4.90 Å². The van der Waals surface area contributed by atoms with Gasteiger partial charge >= 0.3 is 5.69 Å². The van der Waals surface area contributed by atoms with Crippen molar-refractivity contribution in [3.8, 4) is 0 Å². The van der Waals surface area contributed by atoms with Crippen molar-refractivity contribution in [1.82, 2.24) is 0 Å². The molecule has 0 aliphatic heterocycles. The van der Waals surface area contributed by atoms with Crippen molar-refractivity contribution in [3.63, 3.8) is 0 Å². The minimum Gasteiger partial charge on any atom is -0.392 e. The molecule has 74 valence electrons. The van der Waals surface area contributed by atoms with Gasteiger partial charge in [0.15, 0.2) is 4.98 Å². The topological polar surface area (TPSA) is 51.6 Å². The van der Waals surface area contributed by atoms with Crippen LogP contribution in [-0.2, 0) is 0 Å². The van der Waals surface area contributed by atoms with Crippen LogP contribution >= 0.6 is 0 Å². The van der Waals surface area contributed by atoms with Gasteiger partial charge in [-0.3, -0.25) is 0 Å². The summed E-state index contributed by atoms with van der Waals surface area (Å²) < 4.78 is 0. The fourth-order valence-electron chi connectivity index (χ4n) is 1.28. The molecule has 0 radical (unpaired) electrons. The van der Waals surface area contributed by atoms with E-state index >= 15 is 0 Å². The molecule has 0 aromatic heterocycles. The highest BCUT2D eigenvalue weighted by Gasteiger charge is 2.07. The third kappa shape index (κ3) is 2.71. The molecular weight excluding hydrogens is 178 g/mol. The van der Waals surface area contributed by atoms with Crippen molar-refractivity contribution >= 4 is 11.4 Å². The Hall–Kier alpha value is -1.60. The highest BCUT2D eigenvalue weighted by Crippen LogP contribution is 2.18. The van der Waals surface area contributed by atoms with Crippen LogP contribution in [0.5, 0.6) is 0 Å². The largest absolute Gasteiger partial charge is 0.392 e. The lowest BCUT2D eigenvalue weighted by atomic mass is 10.2. The molecule has 0 fully saturated rings. The summed E-state index contributed by atoms with van der Waals surface area (Å²) in [6.07, 6.45) is -0.359. The van der Waals surface area contributed by atoms with E-state index in [1.165, 1.54) is 0 Å². The van der Waals surface area contributed by atoms with Crippen LogP contribution in [0.2, 0.25) is 0 Å². The smallest absolute Gasteiger partial charge is 0.385 e. The fraction of sp³-hybridized carbons (Fsp3) is 0.400. The Kier molecular flexibility index (Phi) is 3.43. The first-order valence-electron chi connectivity index (χ1n) is 4.48. The third-order valence-corrected chi connectivity index (χ3v) is 1.94. The van der Waals surface area contributed by atoms with Crippen LogP contribution in [0, 0.1) is 5.39 Å². The van der Waals surface area contributed by atoms with E-state index in [0.717, 1.165) is 5.69 Å². The zero-order valence-corrected chi connectivity index (χ0v) is 8.38. The number of benzene rings is 1. The lowest BCUT2D eigenvalue weighted by Gasteiger charge is -2.20. The van der Waals surface area contributed by atoms with E-state index in [0.29, 0.717) is 12.2 Å². The first kappa shape index (κ1) is 10.5. The van der Waals surface area contributed by atoms with E-state index in [1.807, 2.05) is 24.1 Å². The normalized spacial score (nSPS) is 11.9. The van der Waals surface area contributed by atoms with Gasteiger partial charge in [-0.1, -0.05) is 0 Å². The van der Waals surface area contributed by atoms with Crippen molar-refractivity contribution in [3.05, 3.63) is 29.2 Å². The monoisotopic (exact) mass is 192 g/mol. The maximum Gasteiger partial charge on any atom is 0.385 e. The summed E-state index contributed by atoms with van der Waals surface area (Å²) in [4.78, 5) is 5.00. The number of hydrogen-bond acceptors (Lipinski definition) is 3. The van der Waals surface area contributed by atoms with Crippen LogP contribution in [0.3, 0.4) is 0 Å². The SMILES string of the molecule is CC(O)CN(C)c1ccc([N+]#N)cc1. The molecule has 14 heavy (non-hydrogen) atoms. The summed E-state index contributed by atoms with van der Waals surface area (Å²) in [6, 6.07) is 7.12. The molecule has 1 rings (SSSR count). The Morgan fingerprint density at radius 3 is 2.43 bits per heavy atom. The number of likely N-dealkylation sites (N-methyl/N-ethyl adjacent to an activating group) is 1. The van der Waals surface area contributed by atoms with Gasteiger partial charge in [0.25, 0.3) is 0 Å². The molecule has 0 aliphatic carbocycles. The first-order valence-corrected chi connectivity index (χ1v) is 4.48. The van der Waals surface area contributed by atoms with Gasteiger partial charge in [0.1, 0.15) is 0 Å². The molecule has 0 aliphatic rings. The standard InChI is InChI=1S/C10H14N3O/c1-8(14)7-13(2)10-5-3-9(12-11)4-6-10/h3-6,8,14H,7H2,1-2H3/q+1. The maximum absolute atomic E-state index is 9.18. The molecule has 0 heterocycles. The number of rotatable bonds is 3. The summed E-state index contributed by atoms with van der Waals surface area (Å²) in [5.74, 6) is 0. The zero-order valence-electron chi connectivity index (χ0n) is 8.38. The summed E-state index contributed by atoms with van der Waals surface area (Å²) in [5.41, 5.74) is 1.51. The van der Waals surface area contributed by atoms with Crippen molar-refractivity contribution < 1.29 is 5.11 Å². The Labute approximate surface area is 83.4 Å². The van der Waals surface area contributed by atoms with E-state index in [9.17, 15) is 5.11 Å². The molecule has 1 unspecified atom stereocenters. The van der Waals surface area contributed by atoms with Crippen molar-refractivity contribution in [1.29, 1.82) is 5.39 Å². The highest BCUT2D eigenvalue weighted by atomic mass is 16.3. The van der Waals surface area contributed by atoms with Crippen molar-refractivity contribution in [2.24, 2.45) is 0 Å². The van der Waals surface area contributed by atoms with Gasteiger partial charge in [-0.2, -0.15) is 0 Å². The zero-order chi connectivity index (χ0) is 10.6. The predicted octanol–water partition coefficient (Wildman–Crippen LogP) is 1.99. The second-order valence-electron chi connectivity index (χ2n) is 3.35. The highest BCUT2D eigenvalue weighted by molar-refractivity contribution is 5.54. The van der Waals surface area contributed by atoms with Crippen LogP contribution in [0.15, 0.2) is 24.3 Å². The summed E-state index contributed by atoms with van der Waals surface area (Å²) >= 11 is 0. The van der Waals surface area contributed by atoms with Gasteiger partial charge in [0, 0.05) is 31.4 Å². The molecule has 1 aromatic rings. The summed E-state index contributed by atoms with van der Waals surface area (Å²) in [7, 11) is 1.90. The molecule has 4 nitrogen and oxygen atoms in total. The van der Waals surface area contributed by atoms with Crippen LogP contribution in [-0.4, -0.2) is 24.8 Å². The van der Waals surface area contributed by atoms with E-state index in [4.69, 9.17) is 5.39 Å². The summed E-state index contributed by atoms with van der Waals surface area (Å²) in [5, 5.41) is 17.7. The molecule has 1 N–H and O–H groups in total. The van der Waals surface area contributed by atoms with E-state index in [2.05, 4.69) is 4.98 Å². The number of aliphatic hydroxyl groups excluding tert-OH is 1. The van der Waals surface area contributed by atoms with Crippen LogP contribution in [0.1, 0.15) is 6.92 Å². The molecule has 1 atom stereocenters. The number of anilines is 1. The fourth-order valence-corrected chi connectivity index (χ4v) is 1.28.